The lowest BCUT2D eigenvalue weighted by molar-refractivity contribution is 0.179. The van der Waals surface area contributed by atoms with Crippen LogP contribution < -0.4 is 16.6 Å². The molecule has 0 saturated heterocycles. The van der Waals surface area contributed by atoms with Crippen molar-refractivity contribution >= 4 is 5.96 Å². The molecule has 0 fully saturated rings. The van der Waals surface area contributed by atoms with Crippen LogP contribution in [0.2, 0.25) is 0 Å². The van der Waals surface area contributed by atoms with E-state index < -0.39 is 0 Å². The highest BCUT2D eigenvalue weighted by Crippen LogP contribution is 2.04. The van der Waals surface area contributed by atoms with Crippen LogP contribution in [0.4, 0.5) is 4.39 Å². The van der Waals surface area contributed by atoms with Crippen LogP contribution in [0.25, 0.3) is 0 Å². The minimum atomic E-state index is -0.231. The molecule has 1 atom stereocenters. The Balaban J connectivity index is 2.44. The van der Waals surface area contributed by atoms with Gasteiger partial charge in [-0.15, -0.1) is 0 Å². The number of nitrogens with zero attached hydrogens (tertiary/aromatic N) is 1. The van der Waals surface area contributed by atoms with E-state index in [0.29, 0.717) is 25.5 Å². The van der Waals surface area contributed by atoms with Crippen LogP contribution in [0.1, 0.15) is 12.5 Å². The average molecular weight is 268 g/mol. The molecule has 1 aromatic carbocycles. The van der Waals surface area contributed by atoms with Crippen LogP contribution in [-0.2, 0) is 11.2 Å². The number of guanidine groups is 1. The van der Waals surface area contributed by atoms with Crippen LogP contribution in [0.5, 0.6) is 0 Å². The number of hydrazine groups is 1. The van der Waals surface area contributed by atoms with Crippen molar-refractivity contribution in [3.63, 3.8) is 0 Å². The first-order chi connectivity index (χ1) is 9.15. The molecule has 0 spiro atoms. The number of rotatable bonds is 6. The normalized spacial score (nSPS) is 13.2. The van der Waals surface area contributed by atoms with E-state index in [-0.39, 0.29) is 11.9 Å². The smallest absolute Gasteiger partial charge is 0.206 e. The first kappa shape index (κ1) is 15.4. The summed E-state index contributed by atoms with van der Waals surface area (Å²) in [6.07, 6.45) is 0.656. The summed E-state index contributed by atoms with van der Waals surface area (Å²) in [6, 6.07) is 6.60. The van der Waals surface area contributed by atoms with E-state index in [0.717, 1.165) is 5.56 Å². The lowest BCUT2D eigenvalue weighted by Gasteiger charge is -2.15. The molecule has 0 aliphatic carbocycles. The zero-order chi connectivity index (χ0) is 14.1. The van der Waals surface area contributed by atoms with E-state index in [1.54, 1.807) is 13.2 Å². The molecule has 0 saturated carbocycles. The van der Waals surface area contributed by atoms with Gasteiger partial charge in [0.05, 0.1) is 6.61 Å². The van der Waals surface area contributed by atoms with Crippen molar-refractivity contribution in [2.75, 3.05) is 20.3 Å². The summed E-state index contributed by atoms with van der Waals surface area (Å²) < 4.78 is 18.0. The molecule has 0 heterocycles. The van der Waals surface area contributed by atoms with Crippen molar-refractivity contribution in [3.8, 4) is 0 Å². The highest BCUT2D eigenvalue weighted by Gasteiger charge is 2.03. The lowest BCUT2D eigenvalue weighted by Crippen LogP contribution is -2.47. The van der Waals surface area contributed by atoms with E-state index in [1.807, 2.05) is 13.0 Å². The van der Waals surface area contributed by atoms with Gasteiger partial charge in [-0.25, -0.2) is 10.2 Å². The van der Waals surface area contributed by atoms with Crippen LogP contribution in [-0.4, -0.2) is 32.3 Å². The number of aliphatic imine (C=N–C) groups is 1. The number of halogens is 1. The molecule has 1 rings (SSSR count). The summed E-state index contributed by atoms with van der Waals surface area (Å²) in [5.74, 6) is 5.65. The molecule has 0 aliphatic rings. The van der Waals surface area contributed by atoms with Gasteiger partial charge >= 0.3 is 0 Å². The molecule has 0 amide bonds. The van der Waals surface area contributed by atoms with Gasteiger partial charge in [0.25, 0.3) is 0 Å². The Morgan fingerprint density at radius 3 is 2.95 bits per heavy atom. The molecular weight excluding hydrogens is 247 g/mol. The summed E-state index contributed by atoms with van der Waals surface area (Å²) in [5, 5.41) is 3.08. The van der Waals surface area contributed by atoms with Crippen molar-refractivity contribution in [1.29, 1.82) is 0 Å². The average Bonchev–Trinajstić information content (AvgIpc) is 2.38. The van der Waals surface area contributed by atoms with E-state index in [9.17, 15) is 4.39 Å². The molecule has 5 nitrogen and oxygen atoms in total. The van der Waals surface area contributed by atoms with Crippen molar-refractivity contribution < 1.29 is 9.13 Å². The third-order valence-corrected chi connectivity index (χ3v) is 2.50. The molecule has 0 aromatic heterocycles. The molecule has 4 N–H and O–H groups in total. The van der Waals surface area contributed by atoms with Gasteiger partial charge in [0, 0.05) is 19.7 Å². The Hall–Kier alpha value is -1.66. The van der Waals surface area contributed by atoms with Crippen LogP contribution >= 0.6 is 0 Å². The predicted molar refractivity (Wildman–Crippen MR) is 74.2 cm³/mol. The van der Waals surface area contributed by atoms with Crippen molar-refractivity contribution in [2.24, 2.45) is 10.8 Å². The van der Waals surface area contributed by atoms with E-state index >= 15 is 0 Å². The topological polar surface area (TPSA) is 71.7 Å². The van der Waals surface area contributed by atoms with E-state index in [2.05, 4.69) is 15.7 Å². The summed E-state index contributed by atoms with van der Waals surface area (Å²) in [7, 11) is 1.63. The standard InChI is InChI=1S/C13H21FN4O/c1-10(9-19-2)17-13(18-15)16-7-6-11-4-3-5-12(14)8-11/h3-5,8,10H,6-7,9,15H2,1-2H3,(H2,16,17,18). The predicted octanol–water partition coefficient (Wildman–Crippen LogP) is 0.812. The summed E-state index contributed by atoms with van der Waals surface area (Å²) in [4.78, 5) is 4.28. The molecule has 19 heavy (non-hydrogen) atoms. The zero-order valence-corrected chi connectivity index (χ0v) is 11.3. The Bertz CT molecular complexity index is 411. The SMILES string of the molecule is COCC(C)NC(=NCCc1cccc(F)c1)NN. The van der Waals surface area contributed by atoms with Crippen molar-refractivity contribution in [3.05, 3.63) is 35.6 Å². The van der Waals surface area contributed by atoms with Gasteiger partial charge in [-0.1, -0.05) is 12.1 Å². The van der Waals surface area contributed by atoms with Crippen LogP contribution in [0, 0.1) is 5.82 Å². The monoisotopic (exact) mass is 268 g/mol. The third-order valence-electron chi connectivity index (χ3n) is 2.50. The second-order valence-corrected chi connectivity index (χ2v) is 4.26. The number of nitrogens with two attached hydrogens (primary N) is 1. The lowest BCUT2D eigenvalue weighted by atomic mass is 10.1. The number of benzene rings is 1. The first-order valence-electron chi connectivity index (χ1n) is 6.16. The van der Waals surface area contributed by atoms with Crippen molar-refractivity contribution in [1.82, 2.24) is 10.7 Å². The zero-order valence-electron chi connectivity index (χ0n) is 11.3. The van der Waals surface area contributed by atoms with Gasteiger partial charge in [-0.3, -0.25) is 10.4 Å². The second-order valence-electron chi connectivity index (χ2n) is 4.26. The van der Waals surface area contributed by atoms with Gasteiger partial charge < -0.3 is 10.1 Å². The molecule has 6 heteroatoms. The number of hydrogen-bond donors (Lipinski definition) is 3. The number of ether oxygens (including phenoxy) is 1. The highest BCUT2D eigenvalue weighted by atomic mass is 19.1. The molecule has 106 valence electrons. The third kappa shape index (κ3) is 6.17. The quantitative estimate of drug-likeness (QED) is 0.309. The molecule has 1 unspecified atom stereocenters. The highest BCUT2D eigenvalue weighted by molar-refractivity contribution is 5.79. The summed E-state index contributed by atoms with van der Waals surface area (Å²) >= 11 is 0. The van der Waals surface area contributed by atoms with Gasteiger partial charge in [-0.2, -0.15) is 0 Å². The molecule has 1 aromatic rings. The van der Waals surface area contributed by atoms with Gasteiger partial charge in [0.1, 0.15) is 5.82 Å². The second kappa shape index (κ2) is 8.44. The Morgan fingerprint density at radius 2 is 2.32 bits per heavy atom. The summed E-state index contributed by atoms with van der Waals surface area (Å²) in [5.41, 5.74) is 3.41. The van der Waals surface area contributed by atoms with Gasteiger partial charge in [-0.05, 0) is 31.0 Å². The minimum Gasteiger partial charge on any atom is -0.383 e. The number of hydrogen-bond acceptors (Lipinski definition) is 3. The molecule has 0 bridgehead atoms. The number of methoxy groups -OCH3 is 1. The largest absolute Gasteiger partial charge is 0.383 e. The van der Waals surface area contributed by atoms with Crippen LogP contribution in [0.15, 0.2) is 29.3 Å². The fourth-order valence-electron chi connectivity index (χ4n) is 1.65. The van der Waals surface area contributed by atoms with Gasteiger partial charge in [0.15, 0.2) is 0 Å². The molecule has 0 aliphatic heterocycles. The first-order valence-corrected chi connectivity index (χ1v) is 6.16. The maximum Gasteiger partial charge on any atom is 0.206 e. The van der Waals surface area contributed by atoms with Crippen molar-refractivity contribution in [2.45, 2.75) is 19.4 Å². The van der Waals surface area contributed by atoms with Crippen LogP contribution in [0.3, 0.4) is 0 Å². The van der Waals surface area contributed by atoms with Gasteiger partial charge in [0.2, 0.25) is 5.96 Å². The maximum atomic E-state index is 13.0. The Labute approximate surface area is 113 Å². The number of nitrogens with one attached hydrogen (secondary N) is 2. The Kier molecular flexibility index (Phi) is 6.84. The fraction of sp³-hybridized carbons (Fsp3) is 0.462. The molecular formula is C13H21FN4O. The minimum absolute atomic E-state index is 0.106. The van der Waals surface area contributed by atoms with E-state index in [4.69, 9.17) is 10.6 Å². The maximum absolute atomic E-state index is 13.0. The fourth-order valence-corrected chi connectivity index (χ4v) is 1.65. The summed E-state index contributed by atoms with van der Waals surface area (Å²) in [6.45, 7) is 3.04. The van der Waals surface area contributed by atoms with E-state index in [1.165, 1.54) is 12.1 Å². The Morgan fingerprint density at radius 1 is 1.53 bits per heavy atom. The molecule has 0 radical (unpaired) electrons.